The number of methoxy groups -OCH3 is 1. The number of benzene rings is 1. The minimum Gasteiger partial charge on any atom is -0.380 e. The molecule has 0 aromatic heterocycles. The monoisotopic (exact) mass is 176 g/mol. The van der Waals surface area contributed by atoms with Crippen molar-refractivity contribution in [3.8, 4) is 0 Å². The van der Waals surface area contributed by atoms with Gasteiger partial charge in [-0.15, -0.1) is 0 Å². The van der Waals surface area contributed by atoms with E-state index in [1.54, 1.807) is 7.11 Å². The highest BCUT2D eigenvalue weighted by Gasteiger charge is 2.18. The molecule has 13 heavy (non-hydrogen) atoms. The lowest BCUT2D eigenvalue weighted by molar-refractivity contribution is 0.0994. The number of Topliss-reactive ketones (excluding diaryl/α,β-unsaturated/α-hetero) is 1. The molecule has 0 amide bonds. The quantitative estimate of drug-likeness (QED) is 0.688. The van der Waals surface area contributed by atoms with Crippen LogP contribution in [-0.4, -0.2) is 12.9 Å². The number of fused-ring (bicyclic) bond motifs is 1. The van der Waals surface area contributed by atoms with Gasteiger partial charge in [-0.05, 0) is 23.6 Å². The Morgan fingerprint density at radius 1 is 1.38 bits per heavy atom. The van der Waals surface area contributed by atoms with Crippen LogP contribution in [0.3, 0.4) is 0 Å². The summed E-state index contributed by atoms with van der Waals surface area (Å²) in [5.74, 6) is 0.271. The number of ether oxygens (including phenoxy) is 1. The highest BCUT2D eigenvalue weighted by Crippen LogP contribution is 2.22. The summed E-state index contributed by atoms with van der Waals surface area (Å²) in [6, 6.07) is 6.02. The van der Waals surface area contributed by atoms with E-state index in [1.807, 2.05) is 18.2 Å². The predicted octanol–water partition coefficient (Wildman–Crippen LogP) is 1.96. The molecule has 0 N–H and O–H groups in total. The molecular weight excluding hydrogens is 164 g/mol. The van der Waals surface area contributed by atoms with Gasteiger partial charge in [0.1, 0.15) is 0 Å². The third-order valence-corrected chi connectivity index (χ3v) is 2.41. The Kier molecular flexibility index (Phi) is 2.15. The van der Waals surface area contributed by atoms with Crippen LogP contribution in [-0.2, 0) is 17.8 Å². The first-order valence-electron chi connectivity index (χ1n) is 4.45. The molecule has 2 rings (SSSR count). The molecule has 1 aromatic carbocycles. The van der Waals surface area contributed by atoms with Gasteiger partial charge in [0.05, 0.1) is 6.61 Å². The third-order valence-electron chi connectivity index (χ3n) is 2.41. The Morgan fingerprint density at radius 3 is 3.00 bits per heavy atom. The van der Waals surface area contributed by atoms with Gasteiger partial charge < -0.3 is 4.74 Å². The Labute approximate surface area is 77.5 Å². The number of rotatable bonds is 2. The SMILES string of the molecule is COCc1ccc2c(c1)C(=O)CC2. The van der Waals surface area contributed by atoms with E-state index in [-0.39, 0.29) is 5.78 Å². The lowest BCUT2D eigenvalue weighted by Gasteiger charge is -2.02. The molecule has 0 saturated carbocycles. The highest BCUT2D eigenvalue weighted by molar-refractivity contribution is 6.00. The molecule has 2 heteroatoms. The van der Waals surface area contributed by atoms with Gasteiger partial charge in [0.2, 0.25) is 0 Å². The second kappa shape index (κ2) is 3.30. The minimum atomic E-state index is 0.271. The molecule has 0 bridgehead atoms. The standard InChI is InChI=1S/C11H12O2/c1-13-7-8-2-3-9-4-5-11(12)10(9)6-8/h2-3,6H,4-5,7H2,1H3. The van der Waals surface area contributed by atoms with E-state index >= 15 is 0 Å². The van der Waals surface area contributed by atoms with Crippen molar-refractivity contribution in [2.45, 2.75) is 19.4 Å². The minimum absolute atomic E-state index is 0.271. The number of carbonyl (C=O) groups excluding carboxylic acids is 1. The maximum Gasteiger partial charge on any atom is 0.163 e. The van der Waals surface area contributed by atoms with Crippen molar-refractivity contribution in [2.24, 2.45) is 0 Å². The molecule has 0 atom stereocenters. The summed E-state index contributed by atoms with van der Waals surface area (Å²) in [6.45, 7) is 0.584. The lowest BCUT2D eigenvalue weighted by Crippen LogP contribution is -1.94. The van der Waals surface area contributed by atoms with E-state index in [0.717, 1.165) is 17.5 Å². The Morgan fingerprint density at radius 2 is 2.23 bits per heavy atom. The topological polar surface area (TPSA) is 26.3 Å². The maximum absolute atomic E-state index is 11.4. The first-order valence-corrected chi connectivity index (χ1v) is 4.45. The van der Waals surface area contributed by atoms with Crippen LogP contribution in [0.15, 0.2) is 18.2 Å². The Hall–Kier alpha value is -1.15. The second-order valence-corrected chi connectivity index (χ2v) is 3.35. The summed E-state index contributed by atoms with van der Waals surface area (Å²) in [4.78, 5) is 11.4. The largest absolute Gasteiger partial charge is 0.380 e. The summed E-state index contributed by atoms with van der Waals surface area (Å²) in [6.07, 6.45) is 1.58. The van der Waals surface area contributed by atoms with Gasteiger partial charge in [-0.1, -0.05) is 12.1 Å². The van der Waals surface area contributed by atoms with E-state index in [9.17, 15) is 4.79 Å². The van der Waals surface area contributed by atoms with E-state index in [1.165, 1.54) is 5.56 Å². The van der Waals surface area contributed by atoms with E-state index in [2.05, 4.69) is 0 Å². The molecule has 0 fully saturated rings. The van der Waals surface area contributed by atoms with Gasteiger partial charge >= 0.3 is 0 Å². The van der Waals surface area contributed by atoms with E-state index in [0.29, 0.717) is 13.0 Å². The number of hydrogen-bond acceptors (Lipinski definition) is 2. The van der Waals surface area contributed by atoms with Gasteiger partial charge in [0.25, 0.3) is 0 Å². The smallest absolute Gasteiger partial charge is 0.163 e. The first-order chi connectivity index (χ1) is 6.31. The zero-order chi connectivity index (χ0) is 9.26. The molecular formula is C11H12O2. The lowest BCUT2D eigenvalue weighted by atomic mass is 10.1. The molecule has 1 aliphatic rings. The average molecular weight is 176 g/mol. The van der Waals surface area contributed by atoms with Gasteiger partial charge in [0, 0.05) is 19.1 Å². The molecule has 0 unspecified atom stereocenters. The fourth-order valence-corrected chi connectivity index (χ4v) is 1.74. The number of carbonyl (C=O) groups is 1. The second-order valence-electron chi connectivity index (χ2n) is 3.35. The fraction of sp³-hybridized carbons (Fsp3) is 0.364. The highest BCUT2D eigenvalue weighted by atomic mass is 16.5. The molecule has 2 nitrogen and oxygen atoms in total. The zero-order valence-electron chi connectivity index (χ0n) is 7.67. The maximum atomic E-state index is 11.4. The molecule has 0 aliphatic heterocycles. The molecule has 1 aromatic rings. The first kappa shape index (κ1) is 8.45. The van der Waals surface area contributed by atoms with Crippen LogP contribution in [0.25, 0.3) is 0 Å². The summed E-state index contributed by atoms with van der Waals surface area (Å²) < 4.78 is 5.01. The van der Waals surface area contributed by atoms with Crippen LogP contribution in [0, 0.1) is 0 Å². The van der Waals surface area contributed by atoms with Crippen molar-refractivity contribution in [2.75, 3.05) is 7.11 Å². The number of aryl methyl sites for hydroxylation is 1. The van der Waals surface area contributed by atoms with Crippen LogP contribution in [0.5, 0.6) is 0 Å². The van der Waals surface area contributed by atoms with Crippen LogP contribution in [0.1, 0.15) is 27.9 Å². The van der Waals surface area contributed by atoms with Crippen LogP contribution in [0.4, 0.5) is 0 Å². The normalized spacial score (nSPS) is 14.7. The summed E-state index contributed by atoms with van der Waals surface area (Å²) in [7, 11) is 1.66. The molecule has 0 saturated heterocycles. The predicted molar refractivity (Wildman–Crippen MR) is 49.8 cm³/mol. The zero-order valence-corrected chi connectivity index (χ0v) is 7.67. The molecule has 0 spiro atoms. The van der Waals surface area contributed by atoms with E-state index < -0.39 is 0 Å². The third kappa shape index (κ3) is 1.49. The molecule has 0 radical (unpaired) electrons. The summed E-state index contributed by atoms with van der Waals surface area (Å²) >= 11 is 0. The van der Waals surface area contributed by atoms with Gasteiger partial charge in [0.15, 0.2) is 5.78 Å². The van der Waals surface area contributed by atoms with Crippen molar-refractivity contribution in [1.29, 1.82) is 0 Å². The average Bonchev–Trinajstić information content (AvgIpc) is 2.49. The van der Waals surface area contributed by atoms with Crippen molar-refractivity contribution in [3.63, 3.8) is 0 Å². The van der Waals surface area contributed by atoms with Crippen LogP contribution in [0.2, 0.25) is 0 Å². The van der Waals surface area contributed by atoms with Crippen LogP contribution < -0.4 is 0 Å². The van der Waals surface area contributed by atoms with Gasteiger partial charge in [-0.3, -0.25) is 4.79 Å². The summed E-state index contributed by atoms with van der Waals surface area (Å²) in [5, 5.41) is 0. The molecule has 68 valence electrons. The molecule has 1 aliphatic carbocycles. The number of hydrogen-bond donors (Lipinski definition) is 0. The van der Waals surface area contributed by atoms with Crippen molar-refractivity contribution in [1.82, 2.24) is 0 Å². The van der Waals surface area contributed by atoms with Crippen molar-refractivity contribution < 1.29 is 9.53 Å². The van der Waals surface area contributed by atoms with E-state index in [4.69, 9.17) is 4.74 Å². The Balaban J connectivity index is 2.36. The molecule has 0 heterocycles. The van der Waals surface area contributed by atoms with Gasteiger partial charge in [-0.25, -0.2) is 0 Å². The number of ketones is 1. The van der Waals surface area contributed by atoms with Crippen molar-refractivity contribution in [3.05, 3.63) is 34.9 Å². The summed E-state index contributed by atoms with van der Waals surface area (Å²) in [5.41, 5.74) is 3.16. The van der Waals surface area contributed by atoms with Crippen molar-refractivity contribution >= 4 is 5.78 Å². The fourth-order valence-electron chi connectivity index (χ4n) is 1.74. The Bertz CT molecular complexity index is 342. The van der Waals surface area contributed by atoms with Gasteiger partial charge in [-0.2, -0.15) is 0 Å². The van der Waals surface area contributed by atoms with Crippen LogP contribution >= 0.6 is 0 Å².